The fourth-order valence-corrected chi connectivity index (χ4v) is 4.53. The molecule has 0 aliphatic carbocycles. The third kappa shape index (κ3) is 3.78. The van der Waals surface area contributed by atoms with Crippen LogP contribution in [-0.2, 0) is 10.0 Å². The number of benzene rings is 1. The van der Waals surface area contributed by atoms with Crippen LogP contribution in [0.5, 0.6) is 0 Å². The molecule has 20 heavy (non-hydrogen) atoms. The minimum Gasteiger partial charge on any atom is -0.303 e. The van der Waals surface area contributed by atoms with Crippen molar-refractivity contribution in [2.75, 3.05) is 26.2 Å². The molecule has 0 radical (unpaired) electrons. The molecule has 1 atom stereocenters. The zero-order chi connectivity index (χ0) is 14.8. The minimum absolute atomic E-state index is 0.0734. The lowest BCUT2D eigenvalue weighted by molar-refractivity contribution is 0.342. The van der Waals surface area contributed by atoms with E-state index in [1.807, 2.05) is 0 Å². The van der Waals surface area contributed by atoms with E-state index in [4.69, 9.17) is 0 Å². The Balaban J connectivity index is 2.01. The quantitative estimate of drug-likeness (QED) is 0.871. The normalized spacial score (nSPS) is 20.4. The molecule has 1 aromatic rings. The SMILES string of the molecule is CCN1CCC(CNS(=O)(=O)c2ccc(F)cc2Br)C1. The van der Waals surface area contributed by atoms with Crippen LogP contribution in [0.3, 0.4) is 0 Å². The summed E-state index contributed by atoms with van der Waals surface area (Å²) in [5.41, 5.74) is 0. The van der Waals surface area contributed by atoms with E-state index in [0.717, 1.165) is 38.2 Å². The Morgan fingerprint density at radius 3 is 2.85 bits per heavy atom. The highest BCUT2D eigenvalue weighted by molar-refractivity contribution is 9.10. The summed E-state index contributed by atoms with van der Waals surface area (Å²) in [7, 11) is -3.60. The predicted molar refractivity (Wildman–Crippen MR) is 79.5 cm³/mol. The van der Waals surface area contributed by atoms with Crippen molar-refractivity contribution < 1.29 is 12.8 Å². The largest absolute Gasteiger partial charge is 0.303 e. The number of hydrogen-bond donors (Lipinski definition) is 1. The Hall–Kier alpha value is -0.500. The van der Waals surface area contributed by atoms with Gasteiger partial charge in [-0.15, -0.1) is 0 Å². The molecule has 0 amide bonds. The Kier molecular flexibility index (Phi) is 5.17. The van der Waals surface area contributed by atoms with Crippen LogP contribution in [0.15, 0.2) is 27.6 Å². The van der Waals surface area contributed by atoms with Gasteiger partial charge in [0.25, 0.3) is 0 Å². The van der Waals surface area contributed by atoms with E-state index in [9.17, 15) is 12.8 Å². The second-order valence-corrected chi connectivity index (χ2v) is 7.56. The standard InChI is InChI=1S/C13H18BrFN2O2S/c1-2-17-6-5-10(9-17)8-16-20(18,19)13-4-3-11(15)7-12(13)14/h3-4,7,10,16H,2,5-6,8-9H2,1H3. The highest BCUT2D eigenvalue weighted by Crippen LogP contribution is 2.23. The smallest absolute Gasteiger partial charge is 0.241 e. The van der Waals surface area contributed by atoms with Gasteiger partial charge in [0.2, 0.25) is 10.0 Å². The van der Waals surface area contributed by atoms with Gasteiger partial charge in [0.1, 0.15) is 5.82 Å². The van der Waals surface area contributed by atoms with Gasteiger partial charge in [0.15, 0.2) is 0 Å². The number of hydrogen-bond acceptors (Lipinski definition) is 3. The highest BCUT2D eigenvalue weighted by atomic mass is 79.9. The van der Waals surface area contributed by atoms with Gasteiger partial charge in [-0.25, -0.2) is 17.5 Å². The molecule has 1 fully saturated rings. The maximum absolute atomic E-state index is 13.0. The average molecular weight is 365 g/mol. The summed E-state index contributed by atoms with van der Waals surface area (Å²) >= 11 is 3.09. The van der Waals surface area contributed by atoms with Crippen molar-refractivity contribution in [2.24, 2.45) is 5.92 Å². The summed E-state index contributed by atoms with van der Waals surface area (Å²) < 4.78 is 40.2. The van der Waals surface area contributed by atoms with E-state index in [-0.39, 0.29) is 9.37 Å². The molecule has 1 aromatic carbocycles. The lowest BCUT2D eigenvalue weighted by Gasteiger charge is -2.14. The maximum atomic E-state index is 13.0. The van der Waals surface area contributed by atoms with Gasteiger partial charge in [0.05, 0.1) is 4.90 Å². The molecule has 112 valence electrons. The van der Waals surface area contributed by atoms with Crippen molar-refractivity contribution >= 4 is 26.0 Å². The topological polar surface area (TPSA) is 49.4 Å². The predicted octanol–water partition coefficient (Wildman–Crippen LogP) is 2.21. The van der Waals surface area contributed by atoms with Crippen LogP contribution in [0.1, 0.15) is 13.3 Å². The van der Waals surface area contributed by atoms with Crippen LogP contribution in [0.4, 0.5) is 4.39 Å². The Morgan fingerprint density at radius 2 is 2.25 bits per heavy atom. The monoisotopic (exact) mass is 364 g/mol. The third-order valence-corrected chi connectivity index (χ3v) is 5.96. The van der Waals surface area contributed by atoms with Crippen molar-refractivity contribution in [1.82, 2.24) is 9.62 Å². The minimum atomic E-state index is -3.60. The molecule has 0 saturated carbocycles. The lowest BCUT2D eigenvalue weighted by atomic mass is 10.1. The van der Waals surface area contributed by atoms with E-state index in [1.54, 1.807) is 0 Å². The van der Waals surface area contributed by atoms with E-state index >= 15 is 0 Å². The molecule has 4 nitrogen and oxygen atoms in total. The number of nitrogens with one attached hydrogen (secondary N) is 1. The van der Waals surface area contributed by atoms with Gasteiger partial charge in [-0.3, -0.25) is 0 Å². The first-order chi connectivity index (χ1) is 9.42. The third-order valence-electron chi connectivity index (χ3n) is 3.56. The lowest BCUT2D eigenvalue weighted by Crippen LogP contribution is -2.31. The van der Waals surface area contributed by atoms with E-state index in [0.29, 0.717) is 12.5 Å². The summed E-state index contributed by atoms with van der Waals surface area (Å²) in [4.78, 5) is 2.37. The second kappa shape index (κ2) is 6.51. The average Bonchev–Trinajstić information content (AvgIpc) is 2.84. The number of rotatable bonds is 5. The van der Waals surface area contributed by atoms with Gasteiger partial charge in [-0.2, -0.15) is 0 Å². The van der Waals surface area contributed by atoms with Crippen LogP contribution in [0.2, 0.25) is 0 Å². The molecule has 0 aromatic heterocycles. The van der Waals surface area contributed by atoms with E-state index in [2.05, 4.69) is 32.5 Å². The first-order valence-electron chi connectivity index (χ1n) is 6.59. The van der Waals surface area contributed by atoms with Crippen LogP contribution in [0.25, 0.3) is 0 Å². The van der Waals surface area contributed by atoms with Gasteiger partial charge in [-0.05, 0) is 59.6 Å². The molecule has 1 N–H and O–H groups in total. The maximum Gasteiger partial charge on any atom is 0.241 e. The van der Waals surface area contributed by atoms with Crippen molar-refractivity contribution in [3.8, 4) is 0 Å². The van der Waals surface area contributed by atoms with Gasteiger partial charge in [-0.1, -0.05) is 6.92 Å². The first kappa shape index (κ1) is 15.9. The van der Waals surface area contributed by atoms with Crippen molar-refractivity contribution in [3.63, 3.8) is 0 Å². The number of halogens is 2. The number of likely N-dealkylation sites (tertiary alicyclic amines) is 1. The molecular formula is C13H18BrFN2O2S. The molecule has 0 bridgehead atoms. The Labute approximate surface area is 127 Å². The Bertz CT molecular complexity index is 580. The van der Waals surface area contributed by atoms with Crippen molar-refractivity contribution in [2.45, 2.75) is 18.2 Å². The summed E-state index contributed by atoms with van der Waals surface area (Å²) in [6.07, 6.45) is 1.00. The summed E-state index contributed by atoms with van der Waals surface area (Å²) in [5.74, 6) is -0.130. The fraction of sp³-hybridized carbons (Fsp3) is 0.538. The van der Waals surface area contributed by atoms with Crippen LogP contribution in [-0.4, -0.2) is 39.5 Å². The molecule has 0 spiro atoms. The summed E-state index contributed by atoms with van der Waals surface area (Å²) in [6, 6.07) is 3.57. The number of sulfonamides is 1. The molecule has 2 rings (SSSR count). The molecule has 1 saturated heterocycles. The molecule has 7 heteroatoms. The van der Waals surface area contributed by atoms with Crippen LogP contribution >= 0.6 is 15.9 Å². The fourth-order valence-electron chi connectivity index (χ4n) is 2.37. The summed E-state index contributed by atoms with van der Waals surface area (Å²) in [5, 5.41) is 0. The molecule has 1 aliphatic rings. The van der Waals surface area contributed by atoms with Gasteiger partial charge in [0, 0.05) is 17.6 Å². The first-order valence-corrected chi connectivity index (χ1v) is 8.87. The zero-order valence-electron chi connectivity index (χ0n) is 11.3. The highest BCUT2D eigenvalue weighted by Gasteiger charge is 2.24. The van der Waals surface area contributed by atoms with Crippen molar-refractivity contribution in [3.05, 3.63) is 28.5 Å². The zero-order valence-corrected chi connectivity index (χ0v) is 13.7. The van der Waals surface area contributed by atoms with Gasteiger partial charge >= 0.3 is 0 Å². The molecular weight excluding hydrogens is 347 g/mol. The molecule has 1 heterocycles. The molecule has 1 aliphatic heterocycles. The van der Waals surface area contributed by atoms with E-state index in [1.165, 1.54) is 6.07 Å². The van der Waals surface area contributed by atoms with Crippen molar-refractivity contribution in [1.29, 1.82) is 0 Å². The van der Waals surface area contributed by atoms with Crippen LogP contribution in [0, 0.1) is 11.7 Å². The van der Waals surface area contributed by atoms with Gasteiger partial charge < -0.3 is 4.90 Å². The second-order valence-electron chi connectivity index (χ2n) is 4.97. The Morgan fingerprint density at radius 1 is 1.50 bits per heavy atom. The number of nitrogens with zero attached hydrogens (tertiary/aromatic N) is 1. The van der Waals surface area contributed by atoms with Crippen LogP contribution < -0.4 is 4.72 Å². The molecule has 1 unspecified atom stereocenters. The van der Waals surface area contributed by atoms with E-state index < -0.39 is 15.8 Å². The summed E-state index contributed by atoms with van der Waals surface area (Å²) in [6.45, 7) is 5.45.